The van der Waals surface area contributed by atoms with Crippen LogP contribution in [0, 0.1) is 0 Å². The van der Waals surface area contributed by atoms with Gasteiger partial charge in [0.1, 0.15) is 5.75 Å². The topological polar surface area (TPSA) is 75.6 Å². The molecule has 2 N–H and O–H groups in total. The quantitative estimate of drug-likeness (QED) is 0.863. The second-order valence-corrected chi connectivity index (χ2v) is 6.23. The van der Waals surface area contributed by atoms with Gasteiger partial charge in [0.2, 0.25) is 0 Å². The molecular formula is C13H10BrNO4S. The minimum Gasteiger partial charge on any atom is -0.482 e. The molecule has 1 amide bonds. The normalized spacial score (nSPS) is 10.1. The number of ether oxygens (including phenoxy) is 1. The lowest BCUT2D eigenvalue weighted by molar-refractivity contribution is -0.139. The van der Waals surface area contributed by atoms with Gasteiger partial charge in [-0.1, -0.05) is 0 Å². The number of hydrogen-bond donors (Lipinski definition) is 2. The third-order valence-corrected chi connectivity index (χ3v) is 3.89. The number of carbonyl (C=O) groups excluding carboxylic acids is 1. The summed E-state index contributed by atoms with van der Waals surface area (Å²) in [6, 6.07) is 10.0. The lowest BCUT2D eigenvalue weighted by Gasteiger charge is -2.06. The first-order valence-corrected chi connectivity index (χ1v) is 7.17. The van der Waals surface area contributed by atoms with E-state index in [1.807, 2.05) is 6.07 Å². The number of carboxylic acids is 1. The molecule has 0 spiro atoms. The highest BCUT2D eigenvalue weighted by molar-refractivity contribution is 9.11. The second-order valence-electron chi connectivity index (χ2n) is 3.76. The van der Waals surface area contributed by atoms with E-state index in [1.165, 1.54) is 11.3 Å². The van der Waals surface area contributed by atoms with Gasteiger partial charge in [-0.05, 0) is 52.3 Å². The van der Waals surface area contributed by atoms with Crippen molar-refractivity contribution in [1.29, 1.82) is 0 Å². The largest absolute Gasteiger partial charge is 0.482 e. The molecule has 0 radical (unpaired) electrons. The molecule has 0 saturated carbocycles. The Morgan fingerprint density at radius 1 is 1.20 bits per heavy atom. The molecule has 0 aliphatic heterocycles. The zero-order valence-corrected chi connectivity index (χ0v) is 12.5. The molecule has 2 rings (SSSR count). The van der Waals surface area contributed by atoms with Crippen molar-refractivity contribution in [3.63, 3.8) is 0 Å². The van der Waals surface area contributed by atoms with Gasteiger partial charge >= 0.3 is 5.97 Å². The van der Waals surface area contributed by atoms with E-state index in [0.717, 1.165) is 3.79 Å². The van der Waals surface area contributed by atoms with Crippen molar-refractivity contribution in [2.24, 2.45) is 0 Å². The number of rotatable bonds is 5. The molecule has 0 aliphatic carbocycles. The van der Waals surface area contributed by atoms with E-state index in [4.69, 9.17) is 9.84 Å². The highest BCUT2D eigenvalue weighted by Gasteiger charge is 2.08. The minimum absolute atomic E-state index is 0.195. The van der Waals surface area contributed by atoms with Crippen molar-refractivity contribution in [2.45, 2.75) is 0 Å². The first-order chi connectivity index (χ1) is 9.54. The van der Waals surface area contributed by atoms with Crippen molar-refractivity contribution in [3.05, 3.63) is 45.1 Å². The highest BCUT2D eigenvalue weighted by Crippen LogP contribution is 2.23. The van der Waals surface area contributed by atoms with E-state index in [2.05, 4.69) is 21.2 Å². The maximum absolute atomic E-state index is 11.9. The summed E-state index contributed by atoms with van der Waals surface area (Å²) in [5.74, 6) is -0.796. The van der Waals surface area contributed by atoms with Crippen LogP contribution in [0.15, 0.2) is 40.2 Å². The van der Waals surface area contributed by atoms with Gasteiger partial charge < -0.3 is 15.2 Å². The lowest BCUT2D eigenvalue weighted by atomic mass is 10.3. The third-order valence-electron chi connectivity index (χ3n) is 2.27. The summed E-state index contributed by atoms with van der Waals surface area (Å²) in [6.45, 7) is -0.394. The van der Waals surface area contributed by atoms with Crippen LogP contribution < -0.4 is 10.1 Å². The number of anilines is 1. The number of hydrogen-bond acceptors (Lipinski definition) is 4. The number of halogens is 1. The van der Waals surface area contributed by atoms with Crippen molar-refractivity contribution in [2.75, 3.05) is 11.9 Å². The Kier molecular flexibility index (Phi) is 4.75. The number of thiophene rings is 1. The molecule has 0 aliphatic rings. The molecule has 0 saturated heterocycles. The zero-order chi connectivity index (χ0) is 14.5. The predicted molar refractivity (Wildman–Crippen MR) is 79.5 cm³/mol. The van der Waals surface area contributed by atoms with Crippen LogP contribution in [0.3, 0.4) is 0 Å². The number of carboxylic acid groups (broad SMARTS) is 1. The SMILES string of the molecule is O=C(O)COc1ccc(NC(=O)c2ccc(Br)s2)cc1. The second kappa shape index (κ2) is 6.53. The summed E-state index contributed by atoms with van der Waals surface area (Å²) in [5, 5.41) is 11.2. The summed E-state index contributed by atoms with van der Waals surface area (Å²) in [5.41, 5.74) is 0.613. The number of nitrogens with one attached hydrogen (secondary N) is 1. The monoisotopic (exact) mass is 355 g/mol. The minimum atomic E-state index is -1.04. The fourth-order valence-corrected chi connectivity index (χ4v) is 2.69. The highest BCUT2D eigenvalue weighted by atomic mass is 79.9. The van der Waals surface area contributed by atoms with Gasteiger partial charge in [0.15, 0.2) is 6.61 Å². The number of aliphatic carboxylic acids is 1. The standard InChI is InChI=1S/C13H10BrNO4S/c14-11-6-5-10(20-11)13(18)15-8-1-3-9(4-2-8)19-7-12(16)17/h1-6H,7H2,(H,15,18)(H,16,17). The van der Waals surface area contributed by atoms with Gasteiger partial charge in [0.05, 0.1) is 8.66 Å². The molecule has 104 valence electrons. The molecule has 2 aromatic rings. The van der Waals surface area contributed by atoms with E-state index in [-0.39, 0.29) is 5.91 Å². The van der Waals surface area contributed by atoms with Crippen LogP contribution in [-0.2, 0) is 4.79 Å². The van der Waals surface area contributed by atoms with Crippen LogP contribution in [0.5, 0.6) is 5.75 Å². The average molecular weight is 356 g/mol. The van der Waals surface area contributed by atoms with Gasteiger partial charge in [0, 0.05) is 5.69 Å². The first-order valence-electron chi connectivity index (χ1n) is 5.56. The van der Waals surface area contributed by atoms with Crippen LogP contribution in [0.1, 0.15) is 9.67 Å². The molecule has 1 aromatic heterocycles. The number of amides is 1. The molecule has 0 unspecified atom stereocenters. The smallest absolute Gasteiger partial charge is 0.341 e. The van der Waals surface area contributed by atoms with Crippen molar-refractivity contribution in [3.8, 4) is 5.75 Å². The maximum Gasteiger partial charge on any atom is 0.341 e. The Bertz CT molecular complexity index is 624. The first kappa shape index (κ1) is 14.5. The van der Waals surface area contributed by atoms with Crippen molar-refractivity contribution < 1.29 is 19.4 Å². The van der Waals surface area contributed by atoms with Crippen LogP contribution in [-0.4, -0.2) is 23.6 Å². The van der Waals surface area contributed by atoms with Gasteiger partial charge in [-0.2, -0.15) is 0 Å². The van der Waals surface area contributed by atoms with Crippen molar-refractivity contribution >= 4 is 44.8 Å². The fraction of sp³-hybridized carbons (Fsp3) is 0.0769. The summed E-state index contributed by atoms with van der Waals surface area (Å²) < 4.78 is 5.89. The summed E-state index contributed by atoms with van der Waals surface area (Å²) in [7, 11) is 0. The Balaban J connectivity index is 1.96. The van der Waals surface area contributed by atoms with E-state index in [0.29, 0.717) is 16.3 Å². The van der Waals surface area contributed by atoms with Gasteiger partial charge in [-0.15, -0.1) is 11.3 Å². The Morgan fingerprint density at radius 3 is 2.45 bits per heavy atom. The van der Waals surface area contributed by atoms with E-state index >= 15 is 0 Å². The molecule has 0 atom stereocenters. The molecule has 5 nitrogen and oxygen atoms in total. The Hall–Kier alpha value is -1.86. The Morgan fingerprint density at radius 2 is 1.90 bits per heavy atom. The molecule has 0 fully saturated rings. The van der Waals surface area contributed by atoms with Crippen LogP contribution >= 0.6 is 27.3 Å². The number of benzene rings is 1. The summed E-state index contributed by atoms with van der Waals surface area (Å²) >= 11 is 4.64. The summed E-state index contributed by atoms with van der Waals surface area (Å²) in [6.07, 6.45) is 0. The lowest BCUT2D eigenvalue weighted by Crippen LogP contribution is -2.11. The molecule has 1 heterocycles. The molecule has 7 heteroatoms. The number of carbonyl (C=O) groups is 2. The van der Waals surface area contributed by atoms with Gasteiger partial charge in [0.25, 0.3) is 5.91 Å². The van der Waals surface area contributed by atoms with E-state index < -0.39 is 12.6 Å². The molecule has 0 bridgehead atoms. The van der Waals surface area contributed by atoms with E-state index in [9.17, 15) is 9.59 Å². The zero-order valence-electron chi connectivity index (χ0n) is 10.1. The Labute approximate surface area is 127 Å². The van der Waals surface area contributed by atoms with Crippen LogP contribution in [0.25, 0.3) is 0 Å². The maximum atomic E-state index is 11.9. The third kappa shape index (κ3) is 4.07. The fourth-order valence-electron chi connectivity index (χ4n) is 1.41. The molecular weight excluding hydrogens is 346 g/mol. The van der Waals surface area contributed by atoms with Gasteiger partial charge in [-0.3, -0.25) is 4.79 Å². The van der Waals surface area contributed by atoms with E-state index in [1.54, 1.807) is 30.3 Å². The van der Waals surface area contributed by atoms with Crippen LogP contribution in [0.2, 0.25) is 0 Å². The van der Waals surface area contributed by atoms with Gasteiger partial charge in [-0.25, -0.2) is 4.79 Å². The van der Waals surface area contributed by atoms with Crippen molar-refractivity contribution in [1.82, 2.24) is 0 Å². The average Bonchev–Trinajstić information content (AvgIpc) is 2.85. The molecule has 1 aromatic carbocycles. The predicted octanol–water partition coefficient (Wildman–Crippen LogP) is 3.23. The van der Waals surface area contributed by atoms with Crippen LogP contribution in [0.4, 0.5) is 5.69 Å². The molecule has 20 heavy (non-hydrogen) atoms. The summed E-state index contributed by atoms with van der Waals surface area (Å²) in [4.78, 5) is 22.9.